The van der Waals surface area contributed by atoms with Gasteiger partial charge in [0, 0.05) is 12.1 Å². The summed E-state index contributed by atoms with van der Waals surface area (Å²) in [5.74, 6) is 1.55. The molecule has 0 bridgehead atoms. The van der Waals surface area contributed by atoms with Gasteiger partial charge in [0.15, 0.2) is 16.6 Å². The third-order valence-electron chi connectivity index (χ3n) is 3.10. The number of nitrogens with one attached hydrogen (secondary N) is 3. The van der Waals surface area contributed by atoms with Gasteiger partial charge in [-0.25, -0.2) is 0 Å². The zero-order valence-electron chi connectivity index (χ0n) is 12.8. The van der Waals surface area contributed by atoms with E-state index in [2.05, 4.69) is 30.0 Å². The molecule has 1 aliphatic rings. The lowest BCUT2D eigenvalue weighted by Crippen LogP contribution is -2.47. The van der Waals surface area contributed by atoms with E-state index < -0.39 is 0 Å². The summed E-state index contributed by atoms with van der Waals surface area (Å²) in [6.45, 7) is 6.06. The van der Waals surface area contributed by atoms with Crippen LogP contribution in [0.15, 0.2) is 18.2 Å². The van der Waals surface area contributed by atoms with Gasteiger partial charge in [-0.15, -0.1) is 0 Å². The topological polar surface area (TPSA) is 71.6 Å². The summed E-state index contributed by atoms with van der Waals surface area (Å²) in [6.07, 6.45) is 1.01. The van der Waals surface area contributed by atoms with Crippen molar-refractivity contribution < 1.29 is 14.3 Å². The van der Waals surface area contributed by atoms with Crippen LogP contribution in [0.25, 0.3) is 0 Å². The molecule has 1 aromatic rings. The van der Waals surface area contributed by atoms with E-state index in [1.165, 1.54) is 0 Å². The molecule has 0 unspecified atom stereocenters. The van der Waals surface area contributed by atoms with Gasteiger partial charge in [-0.3, -0.25) is 15.6 Å². The van der Waals surface area contributed by atoms with Crippen LogP contribution >= 0.6 is 12.2 Å². The molecule has 6 nitrogen and oxygen atoms in total. The second-order valence-electron chi connectivity index (χ2n) is 5.38. The average molecular weight is 323 g/mol. The van der Waals surface area contributed by atoms with Crippen molar-refractivity contribution in [3.8, 4) is 11.5 Å². The number of ether oxygens (including phenoxy) is 2. The van der Waals surface area contributed by atoms with Crippen LogP contribution in [0, 0.1) is 5.92 Å². The number of hydrogen-bond donors (Lipinski definition) is 3. The summed E-state index contributed by atoms with van der Waals surface area (Å²) >= 11 is 5.09. The van der Waals surface area contributed by atoms with E-state index in [0.717, 1.165) is 13.0 Å². The number of fused-ring (bicyclic) bond motifs is 1. The molecule has 0 spiro atoms. The van der Waals surface area contributed by atoms with Crippen molar-refractivity contribution in [1.82, 2.24) is 16.2 Å². The van der Waals surface area contributed by atoms with Crippen molar-refractivity contribution >= 4 is 23.2 Å². The molecule has 1 amide bonds. The van der Waals surface area contributed by atoms with Crippen molar-refractivity contribution in [3.05, 3.63) is 23.8 Å². The number of benzene rings is 1. The van der Waals surface area contributed by atoms with Crippen molar-refractivity contribution in [2.45, 2.75) is 20.3 Å². The fourth-order valence-electron chi connectivity index (χ4n) is 1.89. The van der Waals surface area contributed by atoms with Gasteiger partial charge in [-0.05, 0) is 42.8 Å². The van der Waals surface area contributed by atoms with Crippen molar-refractivity contribution in [2.24, 2.45) is 5.92 Å². The summed E-state index contributed by atoms with van der Waals surface area (Å²) in [4.78, 5) is 12.1. The molecule has 1 aromatic carbocycles. The van der Waals surface area contributed by atoms with E-state index in [1.54, 1.807) is 18.2 Å². The van der Waals surface area contributed by atoms with Crippen LogP contribution in [0.3, 0.4) is 0 Å². The lowest BCUT2D eigenvalue weighted by Gasteiger charge is -2.19. The van der Waals surface area contributed by atoms with Crippen LogP contribution in [-0.4, -0.2) is 30.8 Å². The van der Waals surface area contributed by atoms with Crippen LogP contribution in [0.2, 0.25) is 0 Å². The van der Waals surface area contributed by atoms with Gasteiger partial charge in [-0.1, -0.05) is 13.8 Å². The number of rotatable bonds is 4. The maximum Gasteiger partial charge on any atom is 0.269 e. The molecule has 1 heterocycles. The highest BCUT2D eigenvalue weighted by atomic mass is 32.1. The van der Waals surface area contributed by atoms with Crippen LogP contribution in [0.5, 0.6) is 11.5 Å². The Morgan fingerprint density at radius 3 is 2.68 bits per heavy atom. The van der Waals surface area contributed by atoms with Crippen LogP contribution in [0.4, 0.5) is 0 Å². The zero-order chi connectivity index (χ0) is 15.9. The second-order valence-corrected chi connectivity index (χ2v) is 5.78. The van der Waals surface area contributed by atoms with E-state index in [4.69, 9.17) is 21.7 Å². The lowest BCUT2D eigenvalue weighted by atomic mass is 10.1. The predicted octanol–water partition coefficient (Wildman–Crippen LogP) is 1.61. The Hall–Kier alpha value is -2.02. The summed E-state index contributed by atoms with van der Waals surface area (Å²) in [5, 5.41) is 3.43. The summed E-state index contributed by atoms with van der Waals surface area (Å²) in [6, 6.07) is 5.06. The molecule has 2 rings (SSSR count). The van der Waals surface area contributed by atoms with E-state index in [9.17, 15) is 4.79 Å². The highest BCUT2D eigenvalue weighted by Crippen LogP contribution is 2.30. The quantitative estimate of drug-likeness (QED) is 0.578. The van der Waals surface area contributed by atoms with Gasteiger partial charge in [0.05, 0.1) is 0 Å². The van der Waals surface area contributed by atoms with Crippen molar-refractivity contribution in [1.29, 1.82) is 0 Å². The number of carbonyl (C=O) groups excluding carboxylic acids is 1. The molecule has 0 aliphatic carbocycles. The number of hydrogen-bond acceptors (Lipinski definition) is 4. The Morgan fingerprint density at radius 1 is 1.23 bits per heavy atom. The largest absolute Gasteiger partial charge is 0.486 e. The number of amides is 1. The molecular formula is C15H21N3O3S. The maximum absolute atomic E-state index is 12.1. The summed E-state index contributed by atoms with van der Waals surface area (Å²) < 4.78 is 10.9. The maximum atomic E-state index is 12.1. The second kappa shape index (κ2) is 7.84. The summed E-state index contributed by atoms with van der Waals surface area (Å²) in [7, 11) is 0. The Balaban J connectivity index is 1.81. The van der Waals surface area contributed by atoms with Gasteiger partial charge >= 0.3 is 0 Å². The van der Waals surface area contributed by atoms with Gasteiger partial charge in [0.2, 0.25) is 0 Å². The molecule has 7 heteroatoms. The normalized spacial score (nSPS) is 12.7. The molecular weight excluding hydrogens is 302 g/mol. The fraction of sp³-hybridized carbons (Fsp3) is 0.467. The van der Waals surface area contributed by atoms with E-state index in [0.29, 0.717) is 41.3 Å². The standard InChI is InChI=1S/C15H21N3O3S/c1-10(2)5-6-16-15(22)18-17-14(19)11-3-4-12-13(9-11)21-8-7-20-12/h3-4,9-10H,5-8H2,1-2H3,(H,17,19)(H2,16,18,22). The van der Waals surface area contributed by atoms with E-state index in [-0.39, 0.29) is 5.91 Å². The Morgan fingerprint density at radius 2 is 1.95 bits per heavy atom. The monoisotopic (exact) mass is 323 g/mol. The van der Waals surface area contributed by atoms with Crippen molar-refractivity contribution in [2.75, 3.05) is 19.8 Å². The highest BCUT2D eigenvalue weighted by molar-refractivity contribution is 7.80. The molecule has 0 radical (unpaired) electrons. The number of thiocarbonyl (C=S) groups is 1. The molecule has 3 N–H and O–H groups in total. The molecule has 0 aromatic heterocycles. The lowest BCUT2D eigenvalue weighted by molar-refractivity contribution is 0.0942. The van der Waals surface area contributed by atoms with Crippen molar-refractivity contribution in [3.63, 3.8) is 0 Å². The highest BCUT2D eigenvalue weighted by Gasteiger charge is 2.14. The smallest absolute Gasteiger partial charge is 0.269 e. The average Bonchev–Trinajstić information content (AvgIpc) is 2.51. The molecule has 0 saturated heterocycles. The molecule has 0 saturated carbocycles. The molecule has 120 valence electrons. The summed E-state index contributed by atoms with van der Waals surface area (Å²) in [5.41, 5.74) is 5.71. The minimum Gasteiger partial charge on any atom is -0.486 e. The van der Waals surface area contributed by atoms with E-state index >= 15 is 0 Å². The van der Waals surface area contributed by atoms with Crippen LogP contribution in [-0.2, 0) is 0 Å². The van der Waals surface area contributed by atoms with Crippen LogP contribution in [0.1, 0.15) is 30.6 Å². The predicted molar refractivity (Wildman–Crippen MR) is 88.1 cm³/mol. The Kier molecular flexibility index (Phi) is 5.83. The number of hydrazine groups is 1. The fourth-order valence-corrected chi connectivity index (χ4v) is 2.04. The van der Waals surface area contributed by atoms with Gasteiger partial charge < -0.3 is 14.8 Å². The van der Waals surface area contributed by atoms with Crippen LogP contribution < -0.4 is 25.6 Å². The van der Waals surface area contributed by atoms with Gasteiger partial charge in [0.1, 0.15) is 13.2 Å². The SMILES string of the molecule is CC(C)CCNC(=S)NNC(=O)c1ccc2c(c1)OCCO2. The Bertz CT molecular complexity index is 549. The first-order valence-electron chi connectivity index (χ1n) is 7.30. The van der Waals surface area contributed by atoms with E-state index in [1.807, 2.05) is 0 Å². The van der Waals surface area contributed by atoms with Gasteiger partial charge in [-0.2, -0.15) is 0 Å². The third kappa shape index (κ3) is 4.77. The minimum absolute atomic E-state index is 0.287. The first kappa shape index (κ1) is 16.4. The first-order chi connectivity index (χ1) is 10.6. The molecule has 1 aliphatic heterocycles. The third-order valence-corrected chi connectivity index (χ3v) is 3.35. The van der Waals surface area contributed by atoms with Gasteiger partial charge in [0.25, 0.3) is 5.91 Å². The molecule has 0 fully saturated rings. The number of carbonyl (C=O) groups is 1. The minimum atomic E-state index is -0.287. The zero-order valence-corrected chi connectivity index (χ0v) is 13.6. The molecule has 0 atom stereocenters. The first-order valence-corrected chi connectivity index (χ1v) is 7.71. The molecule has 22 heavy (non-hydrogen) atoms. The Labute approximate surface area is 135 Å².